The third kappa shape index (κ3) is 1.28. The number of aromatic nitrogens is 1. The van der Waals surface area contributed by atoms with E-state index in [0.29, 0.717) is 11.8 Å². The highest BCUT2D eigenvalue weighted by atomic mass is 35.5. The number of rotatable bonds is 2. The molecule has 2 aliphatic carbocycles. The Bertz CT molecular complexity index is 336. The van der Waals surface area contributed by atoms with Gasteiger partial charge < -0.3 is 4.52 Å². The van der Waals surface area contributed by atoms with Gasteiger partial charge in [0, 0.05) is 12.0 Å². The Hall–Kier alpha value is -0.500. The number of nitrogens with zero attached hydrogens (tertiary/aromatic N) is 1. The van der Waals surface area contributed by atoms with Crippen molar-refractivity contribution in [2.24, 2.45) is 11.8 Å². The lowest BCUT2D eigenvalue weighted by molar-refractivity contribution is 0.308. The molecule has 3 heteroatoms. The number of hydrogen-bond donors (Lipinski definition) is 0. The Kier molecular flexibility index (Phi) is 2.05. The van der Waals surface area contributed by atoms with Crippen LogP contribution in [-0.4, -0.2) is 5.16 Å². The fourth-order valence-electron chi connectivity index (χ4n) is 3.16. The minimum Gasteiger partial charge on any atom is -0.361 e. The molecule has 2 aliphatic rings. The lowest BCUT2D eigenvalue weighted by Crippen LogP contribution is -2.07. The van der Waals surface area contributed by atoms with Gasteiger partial charge in [-0.3, -0.25) is 0 Å². The second kappa shape index (κ2) is 3.27. The summed E-state index contributed by atoms with van der Waals surface area (Å²) >= 11 is 5.70. The van der Waals surface area contributed by atoms with Gasteiger partial charge in [-0.25, -0.2) is 0 Å². The lowest BCUT2D eigenvalue weighted by Gasteiger charge is -2.18. The first-order chi connectivity index (χ1) is 6.86. The third-order valence-electron chi connectivity index (χ3n) is 3.82. The van der Waals surface area contributed by atoms with E-state index in [1.807, 2.05) is 6.07 Å². The maximum absolute atomic E-state index is 5.70. The quantitative estimate of drug-likeness (QED) is 0.702. The fourth-order valence-corrected chi connectivity index (χ4v) is 3.29. The SMILES string of the molecule is ClCc1cc(C2CC3CCC2C3)on1. The van der Waals surface area contributed by atoms with E-state index in [2.05, 4.69) is 5.16 Å². The summed E-state index contributed by atoms with van der Waals surface area (Å²) in [6, 6.07) is 2.04. The van der Waals surface area contributed by atoms with Crippen LogP contribution in [-0.2, 0) is 5.88 Å². The van der Waals surface area contributed by atoms with Gasteiger partial charge in [-0.1, -0.05) is 11.6 Å². The molecule has 0 amide bonds. The summed E-state index contributed by atoms with van der Waals surface area (Å²) in [6.07, 6.45) is 5.52. The minimum absolute atomic E-state index is 0.463. The average Bonchev–Trinajstić information content (AvgIpc) is 2.93. The van der Waals surface area contributed by atoms with Gasteiger partial charge in [0.1, 0.15) is 5.76 Å². The van der Waals surface area contributed by atoms with Crippen LogP contribution in [0.2, 0.25) is 0 Å². The standard InChI is InChI=1S/C11H14ClNO/c12-6-9-5-11(14-13-9)10-4-7-1-2-8(10)3-7/h5,7-8,10H,1-4,6H2. The molecule has 14 heavy (non-hydrogen) atoms. The van der Waals surface area contributed by atoms with Crippen LogP contribution in [0.5, 0.6) is 0 Å². The third-order valence-corrected chi connectivity index (χ3v) is 4.09. The lowest BCUT2D eigenvalue weighted by atomic mass is 9.87. The van der Waals surface area contributed by atoms with Crippen molar-refractivity contribution in [3.05, 3.63) is 17.5 Å². The molecule has 0 N–H and O–H groups in total. The van der Waals surface area contributed by atoms with E-state index in [1.165, 1.54) is 25.7 Å². The van der Waals surface area contributed by atoms with Crippen molar-refractivity contribution < 1.29 is 4.52 Å². The van der Waals surface area contributed by atoms with Crippen molar-refractivity contribution in [3.8, 4) is 0 Å². The van der Waals surface area contributed by atoms with Gasteiger partial charge in [0.2, 0.25) is 0 Å². The zero-order chi connectivity index (χ0) is 9.54. The largest absolute Gasteiger partial charge is 0.361 e. The van der Waals surface area contributed by atoms with Crippen molar-refractivity contribution in [1.29, 1.82) is 0 Å². The van der Waals surface area contributed by atoms with Crippen LogP contribution in [0.4, 0.5) is 0 Å². The van der Waals surface area contributed by atoms with Gasteiger partial charge in [0.05, 0.1) is 11.6 Å². The molecule has 3 rings (SSSR count). The Balaban J connectivity index is 1.82. The molecule has 0 aliphatic heterocycles. The highest BCUT2D eigenvalue weighted by Crippen LogP contribution is 2.52. The topological polar surface area (TPSA) is 26.0 Å². The van der Waals surface area contributed by atoms with Crippen molar-refractivity contribution in [2.45, 2.75) is 37.5 Å². The van der Waals surface area contributed by atoms with E-state index in [1.54, 1.807) is 0 Å². The summed E-state index contributed by atoms with van der Waals surface area (Å²) in [7, 11) is 0. The predicted octanol–water partition coefficient (Wildman–Crippen LogP) is 3.32. The fraction of sp³-hybridized carbons (Fsp3) is 0.727. The van der Waals surface area contributed by atoms with Crippen molar-refractivity contribution in [1.82, 2.24) is 5.16 Å². The maximum atomic E-state index is 5.70. The molecule has 0 radical (unpaired) electrons. The molecule has 1 aromatic heterocycles. The smallest absolute Gasteiger partial charge is 0.140 e. The van der Waals surface area contributed by atoms with E-state index < -0.39 is 0 Å². The van der Waals surface area contributed by atoms with Crippen LogP contribution in [0.15, 0.2) is 10.6 Å². The molecule has 1 aromatic rings. The summed E-state index contributed by atoms with van der Waals surface area (Å²) in [5.74, 6) is 3.99. The molecule has 2 bridgehead atoms. The van der Waals surface area contributed by atoms with Crippen LogP contribution in [0.25, 0.3) is 0 Å². The monoisotopic (exact) mass is 211 g/mol. The van der Waals surface area contributed by atoms with Crippen molar-refractivity contribution in [2.75, 3.05) is 0 Å². The van der Waals surface area contributed by atoms with Gasteiger partial charge in [-0.2, -0.15) is 0 Å². The molecule has 2 fully saturated rings. The highest BCUT2D eigenvalue weighted by molar-refractivity contribution is 6.16. The molecule has 0 saturated heterocycles. The van der Waals surface area contributed by atoms with Crippen LogP contribution in [0.1, 0.15) is 43.1 Å². The Morgan fingerprint density at radius 2 is 2.36 bits per heavy atom. The summed E-state index contributed by atoms with van der Waals surface area (Å²) in [5.41, 5.74) is 0.879. The van der Waals surface area contributed by atoms with E-state index in [9.17, 15) is 0 Å². The van der Waals surface area contributed by atoms with Gasteiger partial charge in [0.15, 0.2) is 0 Å². The van der Waals surface area contributed by atoms with Crippen LogP contribution < -0.4 is 0 Å². The first-order valence-electron chi connectivity index (χ1n) is 5.38. The maximum Gasteiger partial charge on any atom is 0.140 e. The highest BCUT2D eigenvalue weighted by Gasteiger charge is 2.41. The molecule has 2 saturated carbocycles. The first kappa shape index (κ1) is 8.78. The first-order valence-corrected chi connectivity index (χ1v) is 5.91. The van der Waals surface area contributed by atoms with E-state index in [-0.39, 0.29) is 0 Å². The molecule has 3 unspecified atom stereocenters. The average molecular weight is 212 g/mol. The summed E-state index contributed by atoms with van der Waals surface area (Å²) in [4.78, 5) is 0. The molecule has 0 spiro atoms. The number of hydrogen-bond acceptors (Lipinski definition) is 2. The number of halogens is 1. The molecular weight excluding hydrogens is 198 g/mol. The zero-order valence-electron chi connectivity index (χ0n) is 8.08. The van der Waals surface area contributed by atoms with E-state index >= 15 is 0 Å². The van der Waals surface area contributed by atoms with Crippen molar-refractivity contribution >= 4 is 11.6 Å². The van der Waals surface area contributed by atoms with Gasteiger partial charge in [0.25, 0.3) is 0 Å². The Labute approximate surface area is 88.6 Å². The number of alkyl halides is 1. The molecule has 0 aromatic carbocycles. The van der Waals surface area contributed by atoms with E-state index in [4.69, 9.17) is 16.1 Å². The van der Waals surface area contributed by atoms with E-state index in [0.717, 1.165) is 23.3 Å². The normalized spacial score (nSPS) is 35.4. The molecule has 2 nitrogen and oxygen atoms in total. The summed E-state index contributed by atoms with van der Waals surface area (Å²) in [6.45, 7) is 0. The van der Waals surface area contributed by atoms with Gasteiger partial charge >= 0.3 is 0 Å². The molecule has 1 heterocycles. The van der Waals surface area contributed by atoms with Crippen LogP contribution in [0.3, 0.4) is 0 Å². The van der Waals surface area contributed by atoms with Crippen LogP contribution >= 0.6 is 11.6 Å². The number of fused-ring (bicyclic) bond motifs is 2. The molecule has 3 atom stereocenters. The van der Waals surface area contributed by atoms with Crippen molar-refractivity contribution in [3.63, 3.8) is 0 Å². The summed E-state index contributed by atoms with van der Waals surface area (Å²) < 4.78 is 5.36. The Morgan fingerprint density at radius 3 is 2.93 bits per heavy atom. The van der Waals surface area contributed by atoms with Gasteiger partial charge in [-0.15, -0.1) is 11.6 Å². The predicted molar refractivity (Wildman–Crippen MR) is 54.2 cm³/mol. The minimum atomic E-state index is 0.463. The second-order valence-electron chi connectivity index (χ2n) is 4.64. The zero-order valence-corrected chi connectivity index (χ0v) is 8.83. The van der Waals surface area contributed by atoms with Gasteiger partial charge in [-0.05, 0) is 31.1 Å². The Morgan fingerprint density at radius 1 is 1.43 bits per heavy atom. The van der Waals surface area contributed by atoms with Crippen LogP contribution in [0, 0.1) is 11.8 Å². The second-order valence-corrected chi connectivity index (χ2v) is 4.90. The molecule has 76 valence electrons. The summed E-state index contributed by atoms with van der Waals surface area (Å²) in [5, 5.41) is 3.96. The molecular formula is C11H14ClNO.